The number of benzene rings is 1. The zero-order valence-corrected chi connectivity index (χ0v) is 11.8. The number of nitrogens with zero attached hydrogens (tertiary/aromatic N) is 2. The Morgan fingerprint density at radius 2 is 2.05 bits per heavy atom. The smallest absolute Gasteiger partial charge is 0.139 e. The first-order valence-corrected chi connectivity index (χ1v) is 6.84. The van der Waals surface area contributed by atoms with Crippen LogP contribution in [-0.4, -0.2) is 21.1 Å². The lowest BCUT2D eigenvalue weighted by Crippen LogP contribution is -1.98. The highest BCUT2D eigenvalue weighted by Gasteiger charge is 2.15. The Balaban J connectivity index is 2.19. The summed E-state index contributed by atoms with van der Waals surface area (Å²) in [4.78, 5) is 4.58. The van der Waals surface area contributed by atoms with Crippen molar-refractivity contribution < 1.29 is 9.84 Å². The van der Waals surface area contributed by atoms with Gasteiger partial charge >= 0.3 is 0 Å². The second-order valence-corrected chi connectivity index (χ2v) is 4.70. The molecular formula is C16H17N3O2. The number of nitrogen functional groups attached to an aromatic ring is 1. The molecule has 3 rings (SSSR count). The standard InChI is InChI=1S/C16H17N3O2/c1-2-21-13-6-4-3-5-12(13)15-16(17)19-9-11(10-20)7-8-14(19)18-15/h3-9,20H,2,10,17H2,1H3. The fourth-order valence-electron chi connectivity index (χ4n) is 2.34. The van der Waals surface area contributed by atoms with Crippen molar-refractivity contribution in [2.45, 2.75) is 13.5 Å². The zero-order chi connectivity index (χ0) is 14.8. The third kappa shape index (κ3) is 2.32. The predicted octanol–water partition coefficient (Wildman–Crippen LogP) is 2.47. The van der Waals surface area contributed by atoms with E-state index in [2.05, 4.69) is 4.98 Å². The van der Waals surface area contributed by atoms with E-state index in [1.807, 2.05) is 43.3 Å². The van der Waals surface area contributed by atoms with Crippen LogP contribution >= 0.6 is 0 Å². The van der Waals surface area contributed by atoms with Gasteiger partial charge in [0.1, 0.15) is 22.9 Å². The molecule has 0 radical (unpaired) electrons. The second-order valence-electron chi connectivity index (χ2n) is 4.70. The third-order valence-corrected chi connectivity index (χ3v) is 3.34. The van der Waals surface area contributed by atoms with Crippen LogP contribution in [0.2, 0.25) is 0 Å². The molecule has 1 aromatic carbocycles. The van der Waals surface area contributed by atoms with Crippen LogP contribution < -0.4 is 10.5 Å². The average molecular weight is 283 g/mol. The minimum atomic E-state index is -0.0293. The lowest BCUT2D eigenvalue weighted by molar-refractivity contribution is 0.281. The number of hydrogen-bond acceptors (Lipinski definition) is 4. The number of aliphatic hydroxyl groups excluding tert-OH is 1. The molecule has 3 aromatic rings. The van der Waals surface area contributed by atoms with E-state index in [0.717, 1.165) is 22.5 Å². The molecule has 0 saturated heterocycles. The van der Waals surface area contributed by atoms with Crippen LogP contribution in [-0.2, 0) is 6.61 Å². The number of aliphatic hydroxyl groups is 1. The van der Waals surface area contributed by atoms with Crippen LogP contribution in [0.5, 0.6) is 5.75 Å². The number of hydrogen-bond donors (Lipinski definition) is 2. The van der Waals surface area contributed by atoms with Crippen LogP contribution in [0.3, 0.4) is 0 Å². The molecule has 0 fully saturated rings. The molecule has 0 aliphatic carbocycles. The lowest BCUT2D eigenvalue weighted by Gasteiger charge is -2.08. The van der Waals surface area contributed by atoms with Crippen molar-refractivity contribution in [2.75, 3.05) is 12.3 Å². The molecule has 0 unspecified atom stereocenters. The second kappa shape index (κ2) is 5.46. The normalized spacial score (nSPS) is 11.0. The van der Waals surface area contributed by atoms with E-state index < -0.39 is 0 Å². The maximum absolute atomic E-state index is 9.23. The first kappa shape index (κ1) is 13.5. The highest BCUT2D eigenvalue weighted by atomic mass is 16.5. The van der Waals surface area contributed by atoms with Crippen LogP contribution in [0.4, 0.5) is 5.82 Å². The minimum Gasteiger partial charge on any atom is -0.493 e. The Morgan fingerprint density at radius 1 is 1.24 bits per heavy atom. The SMILES string of the molecule is CCOc1ccccc1-c1nc2ccc(CO)cn2c1N. The Kier molecular flexibility index (Phi) is 3.50. The van der Waals surface area contributed by atoms with Crippen molar-refractivity contribution in [3.8, 4) is 17.0 Å². The number of fused-ring (bicyclic) bond motifs is 1. The summed E-state index contributed by atoms with van der Waals surface area (Å²) in [6, 6.07) is 11.4. The number of pyridine rings is 1. The van der Waals surface area contributed by atoms with Gasteiger partial charge in [0.05, 0.1) is 13.2 Å². The topological polar surface area (TPSA) is 72.8 Å². The van der Waals surface area contributed by atoms with Crippen molar-refractivity contribution in [1.82, 2.24) is 9.38 Å². The fourth-order valence-corrected chi connectivity index (χ4v) is 2.34. The molecule has 2 aromatic heterocycles. The summed E-state index contributed by atoms with van der Waals surface area (Å²) in [5.41, 5.74) is 9.31. The molecule has 0 atom stereocenters. The Bertz CT molecular complexity index is 780. The van der Waals surface area contributed by atoms with Gasteiger partial charge in [-0.05, 0) is 30.7 Å². The third-order valence-electron chi connectivity index (χ3n) is 3.34. The highest BCUT2D eigenvalue weighted by Crippen LogP contribution is 2.33. The number of para-hydroxylation sites is 1. The first-order valence-electron chi connectivity index (χ1n) is 6.84. The summed E-state index contributed by atoms with van der Waals surface area (Å²) in [6.07, 6.45) is 1.80. The molecular weight excluding hydrogens is 266 g/mol. The molecule has 21 heavy (non-hydrogen) atoms. The number of rotatable bonds is 4. The molecule has 0 bridgehead atoms. The predicted molar refractivity (Wildman–Crippen MR) is 82.1 cm³/mol. The van der Waals surface area contributed by atoms with E-state index >= 15 is 0 Å². The monoisotopic (exact) mass is 283 g/mol. The van der Waals surface area contributed by atoms with Crippen molar-refractivity contribution in [3.05, 3.63) is 48.2 Å². The maximum atomic E-state index is 9.23. The molecule has 0 aliphatic heterocycles. The molecule has 5 nitrogen and oxygen atoms in total. The van der Waals surface area contributed by atoms with Gasteiger partial charge in [0.25, 0.3) is 0 Å². The van der Waals surface area contributed by atoms with Gasteiger partial charge in [-0.2, -0.15) is 0 Å². The van der Waals surface area contributed by atoms with Crippen molar-refractivity contribution in [3.63, 3.8) is 0 Å². The number of imidazole rings is 1. The number of anilines is 1. The molecule has 0 spiro atoms. The van der Waals surface area contributed by atoms with E-state index in [9.17, 15) is 5.11 Å². The zero-order valence-electron chi connectivity index (χ0n) is 11.8. The molecule has 0 amide bonds. The maximum Gasteiger partial charge on any atom is 0.139 e. The van der Waals surface area contributed by atoms with Crippen LogP contribution in [0.1, 0.15) is 12.5 Å². The fraction of sp³-hybridized carbons (Fsp3) is 0.188. The van der Waals surface area contributed by atoms with Gasteiger partial charge in [-0.15, -0.1) is 0 Å². The summed E-state index contributed by atoms with van der Waals surface area (Å²) < 4.78 is 7.42. The van der Waals surface area contributed by atoms with Crippen LogP contribution in [0, 0.1) is 0 Å². The summed E-state index contributed by atoms with van der Waals surface area (Å²) >= 11 is 0. The lowest BCUT2D eigenvalue weighted by atomic mass is 10.1. The number of aromatic nitrogens is 2. The van der Waals surface area contributed by atoms with E-state index in [-0.39, 0.29) is 6.61 Å². The number of ether oxygens (including phenoxy) is 1. The Morgan fingerprint density at radius 3 is 2.81 bits per heavy atom. The molecule has 0 aliphatic rings. The van der Waals surface area contributed by atoms with Crippen molar-refractivity contribution in [2.24, 2.45) is 0 Å². The Hall–Kier alpha value is -2.53. The van der Waals surface area contributed by atoms with E-state index in [0.29, 0.717) is 18.1 Å². The quantitative estimate of drug-likeness (QED) is 0.771. The minimum absolute atomic E-state index is 0.0293. The van der Waals surface area contributed by atoms with Gasteiger partial charge in [-0.25, -0.2) is 4.98 Å². The summed E-state index contributed by atoms with van der Waals surface area (Å²) in [5, 5.41) is 9.23. The van der Waals surface area contributed by atoms with E-state index in [1.54, 1.807) is 10.6 Å². The average Bonchev–Trinajstić information content (AvgIpc) is 2.85. The first-order chi connectivity index (χ1) is 10.2. The molecule has 3 N–H and O–H groups in total. The van der Waals surface area contributed by atoms with Gasteiger partial charge < -0.3 is 15.6 Å². The summed E-state index contributed by atoms with van der Waals surface area (Å²) in [6.45, 7) is 2.49. The van der Waals surface area contributed by atoms with Gasteiger partial charge in [0.15, 0.2) is 0 Å². The molecule has 0 saturated carbocycles. The van der Waals surface area contributed by atoms with Crippen molar-refractivity contribution >= 4 is 11.5 Å². The summed E-state index contributed by atoms with van der Waals surface area (Å²) in [5.74, 6) is 1.30. The molecule has 5 heteroatoms. The van der Waals surface area contributed by atoms with Gasteiger partial charge in [0.2, 0.25) is 0 Å². The highest BCUT2D eigenvalue weighted by molar-refractivity contribution is 5.79. The van der Waals surface area contributed by atoms with Gasteiger partial charge in [-0.1, -0.05) is 18.2 Å². The molecule has 2 heterocycles. The van der Waals surface area contributed by atoms with Gasteiger partial charge in [-0.3, -0.25) is 4.40 Å². The molecule has 108 valence electrons. The number of nitrogens with two attached hydrogens (primary N) is 1. The Labute approximate surface area is 122 Å². The van der Waals surface area contributed by atoms with E-state index in [4.69, 9.17) is 10.5 Å². The largest absolute Gasteiger partial charge is 0.493 e. The van der Waals surface area contributed by atoms with Crippen LogP contribution in [0.25, 0.3) is 16.9 Å². The van der Waals surface area contributed by atoms with E-state index in [1.165, 1.54) is 0 Å². The van der Waals surface area contributed by atoms with Crippen LogP contribution in [0.15, 0.2) is 42.6 Å². The van der Waals surface area contributed by atoms with Crippen molar-refractivity contribution in [1.29, 1.82) is 0 Å². The summed E-state index contributed by atoms with van der Waals surface area (Å²) in [7, 11) is 0. The van der Waals surface area contributed by atoms with Gasteiger partial charge in [0, 0.05) is 11.8 Å².